The highest BCUT2D eigenvalue weighted by Crippen LogP contribution is 2.28. The summed E-state index contributed by atoms with van der Waals surface area (Å²) in [6.07, 6.45) is 0.487. The van der Waals surface area contributed by atoms with Gasteiger partial charge in [0.2, 0.25) is 5.91 Å². The third-order valence-corrected chi connectivity index (χ3v) is 3.68. The first-order chi connectivity index (χ1) is 9.24. The SMILES string of the molecule is CC(=NO)c1cccc(NC(=O)CC(C)C(C)(C)C)c1. The molecule has 0 heterocycles. The Bertz CT molecular complexity index is 501. The van der Waals surface area contributed by atoms with Crippen molar-refractivity contribution in [1.82, 2.24) is 0 Å². The normalized spacial score (nSPS) is 13.9. The van der Waals surface area contributed by atoms with E-state index in [0.29, 0.717) is 18.1 Å². The molecule has 110 valence electrons. The number of hydrogen-bond donors (Lipinski definition) is 2. The molecular weight excluding hydrogens is 252 g/mol. The lowest BCUT2D eigenvalue weighted by Crippen LogP contribution is -2.23. The summed E-state index contributed by atoms with van der Waals surface area (Å²) in [5.41, 5.74) is 2.13. The quantitative estimate of drug-likeness (QED) is 0.498. The van der Waals surface area contributed by atoms with E-state index >= 15 is 0 Å². The first-order valence-corrected chi connectivity index (χ1v) is 6.83. The fraction of sp³-hybridized carbons (Fsp3) is 0.500. The molecule has 0 aromatic heterocycles. The molecule has 1 unspecified atom stereocenters. The van der Waals surface area contributed by atoms with Crippen LogP contribution in [-0.4, -0.2) is 16.8 Å². The molecule has 1 atom stereocenters. The maximum Gasteiger partial charge on any atom is 0.224 e. The van der Waals surface area contributed by atoms with Gasteiger partial charge in [0, 0.05) is 17.7 Å². The van der Waals surface area contributed by atoms with E-state index < -0.39 is 0 Å². The van der Waals surface area contributed by atoms with Crippen molar-refractivity contribution in [3.8, 4) is 0 Å². The lowest BCUT2D eigenvalue weighted by atomic mass is 9.80. The maximum absolute atomic E-state index is 12.0. The van der Waals surface area contributed by atoms with Gasteiger partial charge >= 0.3 is 0 Å². The average Bonchev–Trinajstić information content (AvgIpc) is 2.36. The molecule has 4 heteroatoms. The summed E-state index contributed by atoms with van der Waals surface area (Å²) in [5.74, 6) is 0.301. The van der Waals surface area contributed by atoms with Crippen molar-refractivity contribution in [1.29, 1.82) is 0 Å². The highest BCUT2D eigenvalue weighted by molar-refractivity contribution is 6.00. The Hall–Kier alpha value is -1.84. The van der Waals surface area contributed by atoms with Gasteiger partial charge in [0.15, 0.2) is 0 Å². The molecule has 0 aliphatic rings. The van der Waals surface area contributed by atoms with Crippen molar-refractivity contribution in [2.75, 3.05) is 5.32 Å². The van der Waals surface area contributed by atoms with E-state index in [4.69, 9.17) is 5.21 Å². The molecule has 0 fully saturated rings. The highest BCUT2D eigenvalue weighted by Gasteiger charge is 2.22. The summed E-state index contributed by atoms with van der Waals surface area (Å²) in [4.78, 5) is 12.0. The number of carbonyl (C=O) groups excluding carboxylic acids is 1. The zero-order valence-corrected chi connectivity index (χ0v) is 12.9. The van der Waals surface area contributed by atoms with Crippen molar-refractivity contribution in [2.24, 2.45) is 16.5 Å². The van der Waals surface area contributed by atoms with E-state index in [-0.39, 0.29) is 11.3 Å². The molecule has 1 aromatic rings. The predicted molar refractivity (Wildman–Crippen MR) is 82.3 cm³/mol. The summed E-state index contributed by atoms with van der Waals surface area (Å²) in [7, 11) is 0. The second-order valence-electron chi connectivity index (χ2n) is 6.29. The zero-order valence-electron chi connectivity index (χ0n) is 12.9. The van der Waals surface area contributed by atoms with E-state index in [0.717, 1.165) is 11.3 Å². The summed E-state index contributed by atoms with van der Waals surface area (Å²) < 4.78 is 0. The number of nitrogens with zero attached hydrogens (tertiary/aromatic N) is 1. The molecule has 20 heavy (non-hydrogen) atoms. The minimum Gasteiger partial charge on any atom is -0.411 e. The first-order valence-electron chi connectivity index (χ1n) is 6.83. The van der Waals surface area contributed by atoms with Crippen molar-refractivity contribution >= 4 is 17.3 Å². The number of anilines is 1. The van der Waals surface area contributed by atoms with Crippen LogP contribution in [0.2, 0.25) is 0 Å². The number of carbonyl (C=O) groups is 1. The minimum atomic E-state index is 0.00293. The van der Waals surface area contributed by atoms with Crippen LogP contribution in [-0.2, 0) is 4.79 Å². The molecule has 2 N–H and O–H groups in total. The Morgan fingerprint density at radius 3 is 2.60 bits per heavy atom. The molecule has 0 radical (unpaired) electrons. The Balaban J connectivity index is 2.72. The van der Waals surface area contributed by atoms with Crippen LogP contribution in [0.4, 0.5) is 5.69 Å². The topological polar surface area (TPSA) is 61.7 Å². The van der Waals surface area contributed by atoms with Gasteiger partial charge in [0.05, 0.1) is 5.71 Å². The molecule has 0 aliphatic heterocycles. The number of oxime groups is 1. The second kappa shape index (κ2) is 6.55. The third-order valence-electron chi connectivity index (χ3n) is 3.68. The fourth-order valence-electron chi connectivity index (χ4n) is 1.68. The monoisotopic (exact) mass is 276 g/mol. The maximum atomic E-state index is 12.0. The lowest BCUT2D eigenvalue weighted by Gasteiger charge is -2.26. The first kappa shape index (κ1) is 16.2. The van der Waals surface area contributed by atoms with E-state index in [2.05, 4.69) is 38.2 Å². The van der Waals surface area contributed by atoms with Crippen LogP contribution in [0.15, 0.2) is 29.4 Å². The summed E-state index contributed by atoms with van der Waals surface area (Å²) in [6.45, 7) is 10.2. The number of hydrogen-bond acceptors (Lipinski definition) is 3. The zero-order chi connectivity index (χ0) is 15.3. The smallest absolute Gasteiger partial charge is 0.224 e. The molecule has 0 bridgehead atoms. The van der Waals surface area contributed by atoms with Gasteiger partial charge in [-0.1, -0.05) is 45.0 Å². The van der Waals surface area contributed by atoms with Gasteiger partial charge < -0.3 is 10.5 Å². The van der Waals surface area contributed by atoms with Crippen LogP contribution in [0.1, 0.15) is 46.6 Å². The van der Waals surface area contributed by atoms with Gasteiger partial charge in [-0.2, -0.15) is 0 Å². The second-order valence-corrected chi connectivity index (χ2v) is 6.29. The van der Waals surface area contributed by atoms with Crippen LogP contribution >= 0.6 is 0 Å². The van der Waals surface area contributed by atoms with Crippen LogP contribution in [0.3, 0.4) is 0 Å². The van der Waals surface area contributed by atoms with Gasteiger partial charge in [-0.25, -0.2) is 0 Å². The molecule has 0 spiro atoms. The number of nitrogens with one attached hydrogen (secondary N) is 1. The standard InChI is InChI=1S/C16H24N2O2/c1-11(16(3,4)5)9-15(19)17-14-8-6-7-13(10-14)12(2)18-20/h6-8,10-11,20H,9H2,1-5H3,(H,17,19). The molecule has 1 amide bonds. The van der Waals surface area contributed by atoms with Crippen molar-refractivity contribution in [3.63, 3.8) is 0 Å². The average molecular weight is 276 g/mol. The summed E-state index contributed by atoms with van der Waals surface area (Å²) in [5, 5.41) is 14.8. The largest absolute Gasteiger partial charge is 0.411 e. The number of rotatable bonds is 4. The Kier molecular flexibility index (Phi) is 5.31. The van der Waals surface area contributed by atoms with E-state index in [1.165, 1.54) is 0 Å². The predicted octanol–water partition coefficient (Wildman–Crippen LogP) is 3.90. The van der Waals surface area contributed by atoms with Crippen LogP contribution in [0.5, 0.6) is 0 Å². The molecule has 0 saturated heterocycles. The van der Waals surface area contributed by atoms with Gasteiger partial charge in [0.25, 0.3) is 0 Å². The highest BCUT2D eigenvalue weighted by atomic mass is 16.4. The molecule has 1 aromatic carbocycles. The van der Waals surface area contributed by atoms with Gasteiger partial charge in [-0.3, -0.25) is 4.79 Å². The molecule has 0 saturated carbocycles. The van der Waals surface area contributed by atoms with E-state index in [1.54, 1.807) is 13.0 Å². The third kappa shape index (κ3) is 4.68. The van der Waals surface area contributed by atoms with Crippen LogP contribution in [0.25, 0.3) is 0 Å². The number of benzene rings is 1. The van der Waals surface area contributed by atoms with Gasteiger partial charge in [0.1, 0.15) is 0 Å². The van der Waals surface area contributed by atoms with Crippen molar-refractivity contribution in [3.05, 3.63) is 29.8 Å². The van der Waals surface area contributed by atoms with Gasteiger partial charge in [-0.15, -0.1) is 0 Å². The number of amides is 1. The van der Waals surface area contributed by atoms with Crippen molar-refractivity contribution in [2.45, 2.75) is 41.0 Å². The Morgan fingerprint density at radius 1 is 1.40 bits per heavy atom. The molecule has 4 nitrogen and oxygen atoms in total. The van der Waals surface area contributed by atoms with Crippen LogP contribution < -0.4 is 5.32 Å². The van der Waals surface area contributed by atoms with Gasteiger partial charge in [-0.05, 0) is 30.4 Å². The minimum absolute atomic E-state index is 0.00293. The Labute approximate surface area is 120 Å². The Morgan fingerprint density at radius 2 is 2.05 bits per heavy atom. The van der Waals surface area contributed by atoms with Crippen molar-refractivity contribution < 1.29 is 10.0 Å². The molecular formula is C16H24N2O2. The van der Waals surface area contributed by atoms with Crippen LogP contribution in [0, 0.1) is 11.3 Å². The lowest BCUT2D eigenvalue weighted by molar-refractivity contribution is -0.117. The molecule has 1 rings (SSSR count). The summed E-state index contributed by atoms with van der Waals surface area (Å²) >= 11 is 0. The van der Waals surface area contributed by atoms with E-state index in [9.17, 15) is 4.79 Å². The molecule has 0 aliphatic carbocycles. The fourth-order valence-corrected chi connectivity index (χ4v) is 1.68. The van der Waals surface area contributed by atoms with E-state index in [1.807, 2.05) is 18.2 Å². The summed E-state index contributed by atoms with van der Waals surface area (Å²) in [6, 6.07) is 7.29.